The van der Waals surface area contributed by atoms with E-state index in [4.69, 9.17) is 0 Å². The summed E-state index contributed by atoms with van der Waals surface area (Å²) < 4.78 is 0. The molecule has 3 rings (SSSR count). The van der Waals surface area contributed by atoms with E-state index in [9.17, 15) is 9.59 Å². The van der Waals surface area contributed by atoms with Crippen LogP contribution in [0.1, 0.15) is 20.7 Å². The maximum atomic E-state index is 12.8. The van der Waals surface area contributed by atoms with Gasteiger partial charge in [0.15, 0.2) is 0 Å². The van der Waals surface area contributed by atoms with Gasteiger partial charge in [-0.3, -0.25) is 9.59 Å². The smallest absolute Gasteiger partial charge is 0.256 e. The molecule has 0 aliphatic heterocycles. The van der Waals surface area contributed by atoms with Gasteiger partial charge in [-0.05, 0) is 60.7 Å². The third-order valence-corrected chi connectivity index (χ3v) is 4.70. The van der Waals surface area contributed by atoms with E-state index in [1.54, 1.807) is 24.3 Å². The molecule has 6 heteroatoms. The number of anilines is 4. The molecule has 154 valence electrons. The summed E-state index contributed by atoms with van der Waals surface area (Å²) in [6.45, 7) is 0. The van der Waals surface area contributed by atoms with Crippen molar-refractivity contribution in [2.75, 3.05) is 48.6 Å². The van der Waals surface area contributed by atoms with Crippen molar-refractivity contribution < 1.29 is 9.59 Å². The molecule has 2 N–H and O–H groups in total. The second-order valence-corrected chi connectivity index (χ2v) is 7.34. The average molecular weight is 402 g/mol. The van der Waals surface area contributed by atoms with Crippen molar-refractivity contribution in [1.29, 1.82) is 0 Å². The summed E-state index contributed by atoms with van der Waals surface area (Å²) in [6, 6.07) is 21.8. The van der Waals surface area contributed by atoms with Crippen LogP contribution in [0.5, 0.6) is 0 Å². The Morgan fingerprint density at radius 1 is 0.567 bits per heavy atom. The number of nitrogens with zero attached hydrogens (tertiary/aromatic N) is 2. The van der Waals surface area contributed by atoms with Crippen LogP contribution in [0.4, 0.5) is 22.7 Å². The summed E-state index contributed by atoms with van der Waals surface area (Å²) >= 11 is 0. The normalized spacial score (nSPS) is 10.3. The maximum Gasteiger partial charge on any atom is 0.256 e. The number of carbonyl (C=O) groups excluding carboxylic acids is 2. The first-order valence-electron chi connectivity index (χ1n) is 9.61. The molecule has 0 atom stereocenters. The molecule has 2 amide bonds. The Bertz CT molecular complexity index is 941. The van der Waals surface area contributed by atoms with Crippen LogP contribution in [-0.4, -0.2) is 40.0 Å². The molecule has 0 unspecified atom stereocenters. The summed E-state index contributed by atoms with van der Waals surface area (Å²) in [7, 11) is 7.82. The van der Waals surface area contributed by atoms with Gasteiger partial charge in [0.1, 0.15) is 0 Å². The molecule has 30 heavy (non-hydrogen) atoms. The highest BCUT2D eigenvalue weighted by molar-refractivity contribution is 6.15. The molecule has 0 aliphatic carbocycles. The van der Waals surface area contributed by atoms with Crippen molar-refractivity contribution in [3.8, 4) is 0 Å². The standard InChI is InChI=1S/C24H26N4O2/c1-27(2)19-13-9-17(10-14-19)25-23(29)21-7-5-6-8-22(21)24(30)26-18-11-15-20(16-12-18)28(3)4/h5-16H,1-4H3,(H,25,29)(H,26,30). The predicted octanol–water partition coefficient (Wildman–Crippen LogP) is 4.32. The van der Waals surface area contributed by atoms with Gasteiger partial charge in [0.25, 0.3) is 11.8 Å². The Kier molecular flexibility index (Phi) is 6.37. The van der Waals surface area contributed by atoms with Crippen LogP contribution in [0.25, 0.3) is 0 Å². The third kappa shape index (κ3) is 4.97. The summed E-state index contributed by atoms with van der Waals surface area (Å²) in [5, 5.41) is 5.72. The number of amides is 2. The van der Waals surface area contributed by atoms with Crippen LogP contribution in [0.3, 0.4) is 0 Å². The number of carbonyl (C=O) groups is 2. The molecule has 0 fully saturated rings. The lowest BCUT2D eigenvalue weighted by atomic mass is 10.1. The molecule has 0 bridgehead atoms. The minimum atomic E-state index is -0.332. The monoisotopic (exact) mass is 402 g/mol. The van der Waals surface area contributed by atoms with E-state index in [0.717, 1.165) is 11.4 Å². The maximum absolute atomic E-state index is 12.8. The van der Waals surface area contributed by atoms with Crippen LogP contribution in [0, 0.1) is 0 Å². The van der Waals surface area contributed by atoms with Gasteiger partial charge in [-0.1, -0.05) is 12.1 Å². The number of rotatable bonds is 6. The Labute approximate surface area is 177 Å². The van der Waals surface area contributed by atoms with Crippen molar-refractivity contribution in [1.82, 2.24) is 0 Å². The number of nitrogens with one attached hydrogen (secondary N) is 2. The lowest BCUT2D eigenvalue weighted by Gasteiger charge is -2.14. The fourth-order valence-electron chi connectivity index (χ4n) is 2.96. The van der Waals surface area contributed by atoms with Gasteiger partial charge in [0, 0.05) is 50.9 Å². The minimum absolute atomic E-state index is 0.316. The van der Waals surface area contributed by atoms with Gasteiger partial charge in [0.2, 0.25) is 0 Å². The van der Waals surface area contributed by atoms with E-state index in [1.165, 1.54) is 0 Å². The zero-order chi connectivity index (χ0) is 21.7. The molecule has 0 aliphatic rings. The molecule has 3 aromatic carbocycles. The van der Waals surface area contributed by atoms with Gasteiger partial charge in [-0.2, -0.15) is 0 Å². The molecule has 0 spiro atoms. The van der Waals surface area contributed by atoms with E-state index < -0.39 is 0 Å². The summed E-state index contributed by atoms with van der Waals surface area (Å²) in [5.41, 5.74) is 4.04. The highest BCUT2D eigenvalue weighted by Crippen LogP contribution is 2.20. The summed E-state index contributed by atoms with van der Waals surface area (Å²) in [4.78, 5) is 29.6. The highest BCUT2D eigenvalue weighted by Gasteiger charge is 2.17. The molecule has 0 aromatic heterocycles. The largest absolute Gasteiger partial charge is 0.378 e. The Balaban J connectivity index is 1.75. The number of hydrogen-bond donors (Lipinski definition) is 2. The van der Waals surface area contributed by atoms with Gasteiger partial charge in [0.05, 0.1) is 11.1 Å². The van der Waals surface area contributed by atoms with Gasteiger partial charge >= 0.3 is 0 Å². The Hall–Kier alpha value is -3.80. The van der Waals surface area contributed by atoms with E-state index in [2.05, 4.69) is 10.6 Å². The van der Waals surface area contributed by atoms with Gasteiger partial charge in [-0.15, -0.1) is 0 Å². The zero-order valence-corrected chi connectivity index (χ0v) is 17.6. The van der Waals surface area contributed by atoms with Crippen LogP contribution >= 0.6 is 0 Å². The Morgan fingerprint density at radius 2 is 0.900 bits per heavy atom. The van der Waals surface area contributed by atoms with Crippen molar-refractivity contribution in [2.45, 2.75) is 0 Å². The predicted molar refractivity (Wildman–Crippen MR) is 124 cm³/mol. The molecule has 3 aromatic rings. The fourth-order valence-corrected chi connectivity index (χ4v) is 2.96. The van der Waals surface area contributed by atoms with Crippen molar-refractivity contribution in [3.05, 3.63) is 83.9 Å². The summed E-state index contributed by atoms with van der Waals surface area (Å²) in [6.07, 6.45) is 0. The topological polar surface area (TPSA) is 64.7 Å². The lowest BCUT2D eigenvalue weighted by molar-refractivity contribution is 0.0990. The molecular formula is C24H26N4O2. The van der Waals surface area contributed by atoms with Gasteiger partial charge in [-0.25, -0.2) is 0 Å². The van der Waals surface area contributed by atoms with Crippen molar-refractivity contribution in [2.24, 2.45) is 0 Å². The number of benzene rings is 3. The molecule has 0 saturated heterocycles. The van der Waals surface area contributed by atoms with E-state index in [0.29, 0.717) is 22.5 Å². The lowest BCUT2D eigenvalue weighted by Crippen LogP contribution is -2.20. The van der Waals surface area contributed by atoms with Crippen molar-refractivity contribution in [3.63, 3.8) is 0 Å². The SMILES string of the molecule is CN(C)c1ccc(NC(=O)c2ccccc2C(=O)Nc2ccc(N(C)C)cc2)cc1. The van der Waals surface area contributed by atoms with Crippen LogP contribution < -0.4 is 20.4 Å². The van der Waals surface area contributed by atoms with E-state index in [-0.39, 0.29) is 11.8 Å². The average Bonchev–Trinajstić information content (AvgIpc) is 2.74. The highest BCUT2D eigenvalue weighted by atomic mass is 16.2. The minimum Gasteiger partial charge on any atom is -0.378 e. The van der Waals surface area contributed by atoms with Gasteiger partial charge < -0.3 is 20.4 Å². The second-order valence-electron chi connectivity index (χ2n) is 7.34. The van der Waals surface area contributed by atoms with E-state index in [1.807, 2.05) is 86.5 Å². The molecule has 6 nitrogen and oxygen atoms in total. The fraction of sp³-hybridized carbons (Fsp3) is 0.167. The third-order valence-electron chi connectivity index (χ3n) is 4.70. The molecule has 0 saturated carbocycles. The zero-order valence-electron chi connectivity index (χ0n) is 17.6. The van der Waals surface area contributed by atoms with E-state index >= 15 is 0 Å². The first-order chi connectivity index (χ1) is 14.3. The van der Waals surface area contributed by atoms with Crippen LogP contribution in [0.2, 0.25) is 0 Å². The molecule has 0 heterocycles. The first-order valence-corrected chi connectivity index (χ1v) is 9.61. The first kappa shape index (κ1) is 20.9. The Morgan fingerprint density at radius 3 is 1.20 bits per heavy atom. The van der Waals surface area contributed by atoms with Crippen LogP contribution in [-0.2, 0) is 0 Å². The molecule has 0 radical (unpaired) electrons. The quantitative estimate of drug-likeness (QED) is 0.644. The second kappa shape index (κ2) is 9.13. The van der Waals surface area contributed by atoms with Crippen molar-refractivity contribution >= 4 is 34.6 Å². The van der Waals surface area contributed by atoms with Crippen LogP contribution in [0.15, 0.2) is 72.8 Å². The summed E-state index contributed by atoms with van der Waals surface area (Å²) in [5.74, 6) is -0.664. The number of hydrogen-bond acceptors (Lipinski definition) is 4. The molecular weight excluding hydrogens is 376 g/mol.